The first kappa shape index (κ1) is 20.4. The van der Waals surface area contributed by atoms with E-state index in [0.29, 0.717) is 0 Å². The number of carbonyl (C=O) groups is 2. The normalized spacial score (nSPS) is 23.6. The Hall–Kier alpha value is -1.66. The third kappa shape index (κ3) is 6.09. The van der Waals surface area contributed by atoms with Crippen LogP contribution in [0.4, 0.5) is 0 Å². The lowest BCUT2D eigenvalue weighted by Crippen LogP contribution is -2.37. The van der Waals surface area contributed by atoms with Crippen LogP contribution in [0, 0.1) is 5.41 Å². The molecule has 1 atom stereocenters. The molecule has 1 aliphatic heterocycles. The molecule has 6 heteroatoms. The number of carboxylic acid groups (broad SMARTS) is 2. The van der Waals surface area contributed by atoms with Gasteiger partial charge in [-0.2, -0.15) is 0 Å². The first-order valence-electron chi connectivity index (χ1n) is 8.61. The molecule has 0 radical (unpaired) electrons. The van der Waals surface area contributed by atoms with E-state index in [1.165, 1.54) is 70.5 Å². The molecule has 0 spiro atoms. The summed E-state index contributed by atoms with van der Waals surface area (Å²) in [6.07, 6.45) is 9.84. The van der Waals surface area contributed by atoms with Gasteiger partial charge in [-0.15, -0.1) is 0 Å². The summed E-state index contributed by atoms with van der Waals surface area (Å²) in [5, 5.41) is 22.3. The summed E-state index contributed by atoms with van der Waals surface area (Å²) < 4.78 is 0. The zero-order chi connectivity index (χ0) is 18.2. The Labute approximate surface area is 144 Å². The molecule has 2 aliphatic rings. The van der Waals surface area contributed by atoms with E-state index >= 15 is 0 Å². The lowest BCUT2D eigenvalue weighted by molar-refractivity contribution is -0.145. The lowest BCUT2D eigenvalue weighted by Gasteiger charge is -2.27. The minimum atomic E-state index is -1.08. The van der Waals surface area contributed by atoms with Gasteiger partial charge in [-0.1, -0.05) is 31.6 Å². The Morgan fingerprint density at radius 1 is 1.29 bits per heavy atom. The van der Waals surface area contributed by atoms with E-state index in [1.54, 1.807) is 0 Å². The quantitative estimate of drug-likeness (QED) is 0.775. The summed E-state index contributed by atoms with van der Waals surface area (Å²) in [6.45, 7) is 7.54. The van der Waals surface area contributed by atoms with Gasteiger partial charge in [0, 0.05) is 32.3 Å². The van der Waals surface area contributed by atoms with Gasteiger partial charge in [-0.3, -0.25) is 4.79 Å². The van der Waals surface area contributed by atoms with Crippen molar-refractivity contribution >= 4 is 11.9 Å². The van der Waals surface area contributed by atoms with Crippen LogP contribution in [0.2, 0.25) is 0 Å². The van der Waals surface area contributed by atoms with Crippen LogP contribution in [0.5, 0.6) is 0 Å². The maximum atomic E-state index is 10.8. The molecular weight excluding hydrogens is 308 g/mol. The largest absolute Gasteiger partial charge is 0.481 e. The van der Waals surface area contributed by atoms with Crippen LogP contribution in [0.15, 0.2) is 23.8 Å². The van der Waals surface area contributed by atoms with Gasteiger partial charge in [0.25, 0.3) is 0 Å². The Morgan fingerprint density at radius 2 is 1.92 bits per heavy atom. The van der Waals surface area contributed by atoms with E-state index in [9.17, 15) is 9.59 Å². The Kier molecular flexibility index (Phi) is 8.15. The Bertz CT molecular complexity index is 495. The van der Waals surface area contributed by atoms with E-state index in [2.05, 4.69) is 24.0 Å². The Balaban J connectivity index is 0.000000243. The molecule has 0 aromatic carbocycles. The second-order valence-corrected chi connectivity index (χ2v) is 6.65. The number of carboxylic acids is 2. The smallest absolute Gasteiger partial charge is 0.331 e. The van der Waals surface area contributed by atoms with Gasteiger partial charge in [-0.05, 0) is 32.6 Å². The molecule has 0 bridgehead atoms. The number of aliphatic carboxylic acids is 2. The monoisotopic (exact) mass is 338 g/mol. The minimum Gasteiger partial charge on any atom is -0.481 e. The van der Waals surface area contributed by atoms with Crippen molar-refractivity contribution in [2.45, 2.75) is 46.0 Å². The van der Waals surface area contributed by atoms with Crippen molar-refractivity contribution in [2.24, 2.45) is 5.41 Å². The number of hydrogen-bond donors (Lipinski definition) is 2. The zero-order valence-corrected chi connectivity index (χ0v) is 15.0. The molecule has 1 aliphatic carbocycles. The van der Waals surface area contributed by atoms with Crippen molar-refractivity contribution in [1.29, 1.82) is 0 Å². The van der Waals surface area contributed by atoms with Gasteiger partial charge in [0.1, 0.15) is 0 Å². The first-order chi connectivity index (χ1) is 11.3. The summed E-state index contributed by atoms with van der Waals surface area (Å²) in [5.41, 5.74) is -0.949. The van der Waals surface area contributed by atoms with E-state index in [-0.39, 0.29) is 12.0 Å². The van der Waals surface area contributed by atoms with Gasteiger partial charge in [-0.25, -0.2) is 14.8 Å². The van der Waals surface area contributed by atoms with E-state index in [1.807, 2.05) is 0 Å². The number of allylic oxidation sites excluding steroid dienone is 2. The molecular formula is C18H30N2O4. The zero-order valence-electron chi connectivity index (χ0n) is 15.0. The third-order valence-corrected chi connectivity index (χ3v) is 4.48. The number of rotatable bonds is 6. The van der Waals surface area contributed by atoms with E-state index in [4.69, 9.17) is 10.2 Å². The summed E-state index contributed by atoms with van der Waals surface area (Å²) in [7, 11) is 2.21. The van der Waals surface area contributed by atoms with Gasteiger partial charge < -0.3 is 10.2 Å². The molecule has 0 aromatic rings. The van der Waals surface area contributed by atoms with Crippen molar-refractivity contribution in [3.05, 3.63) is 23.8 Å². The Morgan fingerprint density at radius 3 is 2.42 bits per heavy atom. The summed E-state index contributed by atoms with van der Waals surface area (Å²) in [4.78, 5) is 21.3. The highest BCUT2D eigenvalue weighted by atomic mass is 16.4. The molecule has 1 fully saturated rings. The number of unbranched alkanes of at least 4 members (excludes halogenated alkanes) is 1. The molecule has 2 rings (SSSR count). The maximum absolute atomic E-state index is 10.8. The van der Waals surface area contributed by atoms with Crippen LogP contribution < -0.4 is 0 Å². The average Bonchev–Trinajstić information content (AvgIpc) is 3.07. The van der Waals surface area contributed by atoms with Crippen molar-refractivity contribution in [3.8, 4) is 0 Å². The number of hydrazine groups is 1. The predicted octanol–water partition coefficient (Wildman–Crippen LogP) is 2.78. The van der Waals surface area contributed by atoms with Crippen molar-refractivity contribution in [3.63, 3.8) is 0 Å². The molecule has 24 heavy (non-hydrogen) atoms. The van der Waals surface area contributed by atoms with Crippen LogP contribution in [0.25, 0.3) is 0 Å². The summed E-state index contributed by atoms with van der Waals surface area (Å²) >= 11 is 0. The molecule has 0 saturated carbocycles. The van der Waals surface area contributed by atoms with Crippen molar-refractivity contribution in [2.75, 3.05) is 26.7 Å². The highest BCUT2D eigenvalue weighted by Crippen LogP contribution is 2.31. The molecule has 1 saturated heterocycles. The minimum absolute atomic E-state index is 0.0359. The number of nitrogens with zero attached hydrogens (tertiary/aromatic N) is 2. The molecule has 1 heterocycles. The highest BCUT2D eigenvalue weighted by Gasteiger charge is 2.34. The summed E-state index contributed by atoms with van der Waals surface area (Å²) in [5.74, 6) is -2.06. The van der Waals surface area contributed by atoms with Gasteiger partial charge in [0.15, 0.2) is 0 Å². The SMILES string of the molecule is CCCCN(C)N1CCCC1.C[C@@]1(C(=O)O)C=CC=C(C(=O)O)C1. The average molecular weight is 338 g/mol. The topological polar surface area (TPSA) is 81.1 Å². The van der Waals surface area contributed by atoms with Gasteiger partial charge in [0.05, 0.1) is 5.41 Å². The van der Waals surface area contributed by atoms with Crippen molar-refractivity contribution in [1.82, 2.24) is 10.0 Å². The fourth-order valence-electron chi connectivity index (χ4n) is 2.75. The van der Waals surface area contributed by atoms with Crippen molar-refractivity contribution < 1.29 is 19.8 Å². The van der Waals surface area contributed by atoms with Gasteiger partial charge >= 0.3 is 11.9 Å². The standard InChI is InChI=1S/C9H20N2.C9H10O4/c1-3-4-7-10(2)11-8-5-6-9-11;1-9(8(12)13)4-2-3-6(5-9)7(10)11/h3-9H2,1-2H3;2-4H,5H2,1H3,(H,10,11)(H,12,13)/t;9-/m.1/s1. The third-order valence-electron chi connectivity index (χ3n) is 4.48. The van der Waals surface area contributed by atoms with E-state index in [0.717, 1.165) is 0 Å². The van der Waals surface area contributed by atoms with Crippen LogP contribution >= 0.6 is 0 Å². The van der Waals surface area contributed by atoms with Crippen LogP contribution in [0.3, 0.4) is 0 Å². The van der Waals surface area contributed by atoms with Crippen LogP contribution in [-0.2, 0) is 9.59 Å². The number of hydrogen-bond acceptors (Lipinski definition) is 4. The predicted molar refractivity (Wildman–Crippen MR) is 93.6 cm³/mol. The summed E-state index contributed by atoms with van der Waals surface area (Å²) in [6, 6.07) is 0. The van der Waals surface area contributed by atoms with Gasteiger partial charge in [0.2, 0.25) is 0 Å². The van der Waals surface area contributed by atoms with Crippen LogP contribution in [0.1, 0.15) is 46.0 Å². The molecule has 6 nitrogen and oxygen atoms in total. The molecule has 0 unspecified atom stereocenters. The maximum Gasteiger partial charge on any atom is 0.331 e. The first-order valence-corrected chi connectivity index (χ1v) is 8.61. The molecule has 2 N–H and O–H groups in total. The van der Waals surface area contributed by atoms with E-state index < -0.39 is 17.4 Å². The highest BCUT2D eigenvalue weighted by molar-refractivity contribution is 5.90. The second-order valence-electron chi connectivity index (χ2n) is 6.65. The second kappa shape index (κ2) is 9.59. The molecule has 0 amide bonds. The fourth-order valence-corrected chi connectivity index (χ4v) is 2.75. The lowest BCUT2D eigenvalue weighted by atomic mass is 9.80. The molecule has 0 aromatic heterocycles. The molecule has 136 valence electrons. The van der Waals surface area contributed by atoms with Crippen LogP contribution in [-0.4, -0.2) is 58.9 Å². The fraction of sp³-hybridized carbons (Fsp3) is 0.667.